The Bertz CT molecular complexity index is 815. The molecule has 1 aromatic heterocycles. The van der Waals surface area contributed by atoms with Crippen LogP contribution < -0.4 is 5.32 Å². The number of ketones is 1. The number of rotatable bonds is 3. The summed E-state index contributed by atoms with van der Waals surface area (Å²) >= 11 is 3.46. The molecule has 0 unspecified atom stereocenters. The monoisotopic (exact) mass is 341 g/mol. The van der Waals surface area contributed by atoms with Gasteiger partial charge in [0.2, 0.25) is 0 Å². The summed E-state index contributed by atoms with van der Waals surface area (Å²) in [4.78, 5) is 19.8. The number of carbonyl (C=O) groups excluding carboxylic acids is 1. The average Bonchev–Trinajstić information content (AvgIpc) is 2.48. The van der Waals surface area contributed by atoms with E-state index in [1.54, 1.807) is 19.1 Å². The SMILES string of the molecule is CC(=O)c1ccc(Nc2ncnc3ccc(Br)cc23)cc1. The van der Waals surface area contributed by atoms with Crippen molar-refractivity contribution in [1.29, 1.82) is 0 Å². The van der Waals surface area contributed by atoms with Crippen LogP contribution in [-0.4, -0.2) is 15.8 Å². The van der Waals surface area contributed by atoms with E-state index in [0.29, 0.717) is 5.56 Å². The van der Waals surface area contributed by atoms with Crippen LogP contribution in [0.15, 0.2) is 53.3 Å². The number of Topliss-reactive ketones (excluding diaryl/α,β-unsaturated/α-hetero) is 1. The van der Waals surface area contributed by atoms with Crippen LogP contribution in [0.3, 0.4) is 0 Å². The summed E-state index contributed by atoms with van der Waals surface area (Å²) in [7, 11) is 0. The van der Waals surface area contributed by atoms with Crippen LogP contribution in [0.1, 0.15) is 17.3 Å². The zero-order chi connectivity index (χ0) is 14.8. The quantitative estimate of drug-likeness (QED) is 0.720. The molecule has 0 aliphatic heterocycles. The Balaban J connectivity index is 1.97. The largest absolute Gasteiger partial charge is 0.340 e. The third-order valence-corrected chi connectivity index (χ3v) is 3.64. The number of halogens is 1. The van der Waals surface area contributed by atoms with Crippen LogP contribution in [0.2, 0.25) is 0 Å². The summed E-state index contributed by atoms with van der Waals surface area (Å²) in [5, 5.41) is 4.19. The van der Waals surface area contributed by atoms with Crippen molar-refractivity contribution in [2.75, 3.05) is 5.32 Å². The van der Waals surface area contributed by atoms with Gasteiger partial charge in [0.1, 0.15) is 12.1 Å². The van der Waals surface area contributed by atoms with E-state index >= 15 is 0 Å². The van der Waals surface area contributed by atoms with Crippen LogP contribution in [0.25, 0.3) is 10.9 Å². The summed E-state index contributed by atoms with van der Waals surface area (Å²) in [6.45, 7) is 1.55. The highest BCUT2D eigenvalue weighted by Gasteiger charge is 2.05. The molecular formula is C16H12BrN3O. The van der Waals surface area contributed by atoms with E-state index in [2.05, 4.69) is 31.2 Å². The third kappa shape index (κ3) is 2.92. The Labute approximate surface area is 130 Å². The summed E-state index contributed by atoms with van der Waals surface area (Å²) in [5.41, 5.74) is 2.44. The van der Waals surface area contributed by atoms with Gasteiger partial charge in [-0.3, -0.25) is 4.79 Å². The Morgan fingerprint density at radius 2 is 1.86 bits per heavy atom. The van der Waals surface area contributed by atoms with E-state index in [4.69, 9.17) is 0 Å². The standard InChI is InChI=1S/C16H12BrN3O/c1-10(21)11-2-5-13(6-3-11)20-16-14-8-12(17)4-7-15(14)18-9-19-16/h2-9H,1H3,(H,18,19,20). The molecule has 3 aromatic rings. The van der Waals surface area contributed by atoms with Crippen LogP contribution >= 0.6 is 15.9 Å². The Hall–Kier alpha value is -2.27. The second-order valence-electron chi connectivity index (χ2n) is 4.64. The van der Waals surface area contributed by atoms with Crippen molar-refractivity contribution in [3.05, 3.63) is 58.8 Å². The number of nitrogens with one attached hydrogen (secondary N) is 1. The fourth-order valence-electron chi connectivity index (χ4n) is 2.05. The normalized spacial score (nSPS) is 10.6. The first-order chi connectivity index (χ1) is 10.1. The van der Waals surface area contributed by atoms with E-state index in [1.807, 2.05) is 30.3 Å². The molecule has 0 fully saturated rings. The smallest absolute Gasteiger partial charge is 0.159 e. The minimum Gasteiger partial charge on any atom is -0.340 e. The fraction of sp³-hybridized carbons (Fsp3) is 0.0625. The first kappa shape index (κ1) is 13.7. The first-order valence-electron chi connectivity index (χ1n) is 6.42. The topological polar surface area (TPSA) is 54.9 Å². The lowest BCUT2D eigenvalue weighted by Crippen LogP contribution is -1.97. The molecule has 3 rings (SSSR count). The van der Waals surface area contributed by atoms with Gasteiger partial charge in [0.05, 0.1) is 5.52 Å². The predicted molar refractivity (Wildman–Crippen MR) is 87.0 cm³/mol. The molecule has 0 radical (unpaired) electrons. The van der Waals surface area contributed by atoms with E-state index in [0.717, 1.165) is 26.9 Å². The van der Waals surface area contributed by atoms with Gasteiger partial charge in [-0.25, -0.2) is 9.97 Å². The number of hydrogen-bond donors (Lipinski definition) is 1. The summed E-state index contributed by atoms with van der Waals surface area (Å²) in [6.07, 6.45) is 1.53. The van der Waals surface area contributed by atoms with Crippen molar-refractivity contribution in [3.63, 3.8) is 0 Å². The zero-order valence-corrected chi connectivity index (χ0v) is 12.9. The molecule has 4 nitrogen and oxygen atoms in total. The molecule has 0 spiro atoms. The molecule has 21 heavy (non-hydrogen) atoms. The maximum absolute atomic E-state index is 11.3. The highest BCUT2D eigenvalue weighted by atomic mass is 79.9. The lowest BCUT2D eigenvalue weighted by Gasteiger charge is -2.09. The predicted octanol–water partition coefficient (Wildman–Crippen LogP) is 4.34. The minimum absolute atomic E-state index is 0.0537. The van der Waals surface area contributed by atoms with E-state index in [-0.39, 0.29) is 5.78 Å². The number of fused-ring (bicyclic) bond motifs is 1. The van der Waals surface area contributed by atoms with Crippen molar-refractivity contribution in [1.82, 2.24) is 9.97 Å². The minimum atomic E-state index is 0.0537. The van der Waals surface area contributed by atoms with Gasteiger partial charge in [-0.2, -0.15) is 0 Å². The molecule has 0 aliphatic rings. The number of carbonyl (C=O) groups is 1. The fourth-order valence-corrected chi connectivity index (χ4v) is 2.41. The summed E-state index contributed by atoms with van der Waals surface area (Å²) in [6, 6.07) is 13.2. The third-order valence-electron chi connectivity index (χ3n) is 3.15. The molecule has 0 saturated heterocycles. The van der Waals surface area contributed by atoms with Crippen molar-refractivity contribution in [2.45, 2.75) is 6.92 Å². The van der Waals surface area contributed by atoms with Gasteiger partial charge >= 0.3 is 0 Å². The van der Waals surface area contributed by atoms with Gasteiger partial charge < -0.3 is 5.32 Å². The molecule has 0 bridgehead atoms. The highest BCUT2D eigenvalue weighted by Crippen LogP contribution is 2.25. The molecule has 1 heterocycles. The van der Waals surface area contributed by atoms with Crippen LogP contribution in [-0.2, 0) is 0 Å². The van der Waals surface area contributed by atoms with Gasteiger partial charge in [-0.15, -0.1) is 0 Å². The van der Waals surface area contributed by atoms with Crippen molar-refractivity contribution in [3.8, 4) is 0 Å². The van der Waals surface area contributed by atoms with E-state index in [9.17, 15) is 4.79 Å². The molecule has 0 amide bonds. The number of hydrogen-bond acceptors (Lipinski definition) is 4. The van der Waals surface area contributed by atoms with Gasteiger partial charge in [-0.05, 0) is 49.4 Å². The lowest BCUT2D eigenvalue weighted by atomic mass is 10.1. The maximum Gasteiger partial charge on any atom is 0.159 e. The van der Waals surface area contributed by atoms with Gasteiger partial charge in [0.25, 0.3) is 0 Å². The van der Waals surface area contributed by atoms with E-state index < -0.39 is 0 Å². The average molecular weight is 342 g/mol. The van der Waals surface area contributed by atoms with Gasteiger partial charge in [0.15, 0.2) is 5.78 Å². The summed E-state index contributed by atoms with van der Waals surface area (Å²) < 4.78 is 0.972. The molecule has 0 saturated carbocycles. The summed E-state index contributed by atoms with van der Waals surface area (Å²) in [5.74, 6) is 0.787. The number of anilines is 2. The number of aromatic nitrogens is 2. The molecule has 5 heteroatoms. The number of benzene rings is 2. The second-order valence-corrected chi connectivity index (χ2v) is 5.56. The molecule has 0 atom stereocenters. The van der Waals surface area contributed by atoms with Gasteiger partial charge in [-0.1, -0.05) is 15.9 Å². The Kier molecular flexibility index (Phi) is 3.66. The van der Waals surface area contributed by atoms with Crippen molar-refractivity contribution < 1.29 is 4.79 Å². The molecular weight excluding hydrogens is 330 g/mol. The van der Waals surface area contributed by atoms with Crippen molar-refractivity contribution in [2.24, 2.45) is 0 Å². The Morgan fingerprint density at radius 3 is 2.57 bits per heavy atom. The highest BCUT2D eigenvalue weighted by molar-refractivity contribution is 9.10. The first-order valence-corrected chi connectivity index (χ1v) is 7.21. The van der Waals surface area contributed by atoms with Gasteiger partial charge in [0, 0.05) is 21.1 Å². The van der Waals surface area contributed by atoms with Crippen LogP contribution in [0, 0.1) is 0 Å². The van der Waals surface area contributed by atoms with Crippen LogP contribution in [0.4, 0.5) is 11.5 Å². The second kappa shape index (κ2) is 5.61. The zero-order valence-electron chi connectivity index (χ0n) is 11.3. The number of nitrogens with zero attached hydrogens (tertiary/aromatic N) is 2. The molecule has 2 aromatic carbocycles. The van der Waals surface area contributed by atoms with Crippen molar-refractivity contribution >= 4 is 44.1 Å². The molecule has 1 N–H and O–H groups in total. The maximum atomic E-state index is 11.3. The van der Waals surface area contributed by atoms with E-state index in [1.165, 1.54) is 6.33 Å². The van der Waals surface area contributed by atoms with Crippen LogP contribution in [0.5, 0.6) is 0 Å². The molecule has 104 valence electrons. The Morgan fingerprint density at radius 1 is 1.10 bits per heavy atom. The molecule has 0 aliphatic carbocycles. The lowest BCUT2D eigenvalue weighted by molar-refractivity contribution is 0.101.